The van der Waals surface area contributed by atoms with Crippen LogP contribution in [0.1, 0.15) is 12.5 Å². The van der Waals surface area contributed by atoms with E-state index in [1.54, 1.807) is 25.3 Å². The Morgan fingerprint density at radius 1 is 1.16 bits per heavy atom. The highest BCUT2D eigenvalue weighted by Crippen LogP contribution is 2.29. The Labute approximate surface area is 122 Å². The van der Waals surface area contributed by atoms with Crippen molar-refractivity contribution in [3.05, 3.63) is 35.6 Å². The molecule has 1 atom stereocenters. The molecular formula is C14H20BrFO3. The van der Waals surface area contributed by atoms with Crippen molar-refractivity contribution in [3.63, 3.8) is 0 Å². The summed E-state index contributed by atoms with van der Waals surface area (Å²) >= 11 is 3.38. The van der Waals surface area contributed by atoms with Crippen molar-refractivity contribution in [2.75, 3.05) is 38.9 Å². The minimum atomic E-state index is -0.698. The van der Waals surface area contributed by atoms with Crippen molar-refractivity contribution in [1.82, 2.24) is 0 Å². The Hall–Kier alpha value is -0.490. The molecule has 0 spiro atoms. The highest BCUT2D eigenvalue weighted by atomic mass is 79.9. The van der Waals surface area contributed by atoms with Gasteiger partial charge in [0.2, 0.25) is 0 Å². The molecule has 3 nitrogen and oxygen atoms in total. The van der Waals surface area contributed by atoms with Gasteiger partial charge in [-0.3, -0.25) is 0 Å². The van der Waals surface area contributed by atoms with E-state index in [2.05, 4.69) is 15.9 Å². The van der Waals surface area contributed by atoms with E-state index in [0.717, 1.165) is 0 Å². The lowest BCUT2D eigenvalue weighted by Crippen LogP contribution is -2.30. The molecule has 1 unspecified atom stereocenters. The van der Waals surface area contributed by atoms with Crippen LogP contribution >= 0.6 is 15.9 Å². The van der Waals surface area contributed by atoms with Gasteiger partial charge in [-0.25, -0.2) is 4.39 Å². The molecule has 0 saturated heterocycles. The summed E-state index contributed by atoms with van der Waals surface area (Å²) in [5.74, 6) is -0.259. The van der Waals surface area contributed by atoms with E-state index < -0.39 is 5.60 Å². The maximum absolute atomic E-state index is 13.8. The summed E-state index contributed by atoms with van der Waals surface area (Å²) in [6.07, 6.45) is 0. The third-order valence-corrected chi connectivity index (χ3v) is 3.85. The first kappa shape index (κ1) is 16.6. The predicted octanol–water partition coefficient (Wildman–Crippen LogP) is 3.12. The topological polar surface area (TPSA) is 27.7 Å². The van der Waals surface area contributed by atoms with E-state index in [9.17, 15) is 4.39 Å². The number of hydrogen-bond donors (Lipinski definition) is 0. The fraction of sp³-hybridized carbons (Fsp3) is 0.571. The van der Waals surface area contributed by atoms with Crippen LogP contribution < -0.4 is 0 Å². The van der Waals surface area contributed by atoms with Gasteiger partial charge in [0.25, 0.3) is 0 Å². The highest BCUT2D eigenvalue weighted by molar-refractivity contribution is 9.09. The van der Waals surface area contributed by atoms with Crippen LogP contribution in [0.2, 0.25) is 0 Å². The number of rotatable bonds is 9. The summed E-state index contributed by atoms with van der Waals surface area (Å²) < 4.78 is 29.8. The Kier molecular flexibility index (Phi) is 7.53. The molecule has 1 aromatic carbocycles. The van der Waals surface area contributed by atoms with Crippen molar-refractivity contribution in [3.8, 4) is 0 Å². The van der Waals surface area contributed by atoms with Gasteiger partial charge in [0.15, 0.2) is 0 Å². The van der Waals surface area contributed by atoms with Gasteiger partial charge in [0.1, 0.15) is 11.4 Å². The predicted molar refractivity (Wildman–Crippen MR) is 76.2 cm³/mol. The zero-order valence-corrected chi connectivity index (χ0v) is 12.9. The first-order valence-corrected chi connectivity index (χ1v) is 7.28. The molecular weight excluding hydrogens is 315 g/mol. The molecule has 0 aliphatic rings. The summed E-state index contributed by atoms with van der Waals surface area (Å²) in [4.78, 5) is 0. The molecule has 0 aliphatic heterocycles. The summed E-state index contributed by atoms with van der Waals surface area (Å²) in [5, 5.41) is 0.513. The molecule has 0 radical (unpaired) electrons. The average Bonchev–Trinajstić information content (AvgIpc) is 2.43. The van der Waals surface area contributed by atoms with Crippen LogP contribution in [0.4, 0.5) is 4.39 Å². The lowest BCUT2D eigenvalue weighted by molar-refractivity contribution is -0.0520. The molecule has 0 saturated carbocycles. The van der Waals surface area contributed by atoms with Gasteiger partial charge in [0.05, 0.1) is 26.4 Å². The largest absolute Gasteiger partial charge is 0.382 e. The molecule has 19 heavy (non-hydrogen) atoms. The van der Waals surface area contributed by atoms with Crippen molar-refractivity contribution < 1.29 is 18.6 Å². The molecule has 1 rings (SSSR count). The fourth-order valence-corrected chi connectivity index (χ4v) is 2.11. The Bertz CT molecular complexity index is 375. The van der Waals surface area contributed by atoms with Crippen molar-refractivity contribution in [1.29, 1.82) is 0 Å². The van der Waals surface area contributed by atoms with Crippen LogP contribution in [-0.2, 0) is 19.8 Å². The van der Waals surface area contributed by atoms with E-state index in [4.69, 9.17) is 14.2 Å². The molecule has 0 fully saturated rings. The first-order valence-electron chi connectivity index (χ1n) is 6.15. The van der Waals surface area contributed by atoms with Crippen molar-refractivity contribution in [2.24, 2.45) is 0 Å². The maximum Gasteiger partial charge on any atom is 0.129 e. The second-order valence-electron chi connectivity index (χ2n) is 4.30. The van der Waals surface area contributed by atoms with Crippen LogP contribution in [0.15, 0.2) is 24.3 Å². The number of halogens is 2. The van der Waals surface area contributed by atoms with Gasteiger partial charge in [-0.2, -0.15) is 0 Å². The SMILES string of the molecule is COCCOCCOC(C)(CBr)c1ccccc1F. The normalized spacial score (nSPS) is 14.3. The third kappa shape index (κ3) is 5.18. The standard InChI is InChI=1S/C14H20BrFO3/c1-14(11-15,12-5-3-4-6-13(12)16)19-10-9-18-8-7-17-2/h3-6H,7-11H2,1-2H3. The molecule has 108 valence electrons. The monoisotopic (exact) mass is 334 g/mol. The Morgan fingerprint density at radius 3 is 2.47 bits per heavy atom. The lowest BCUT2D eigenvalue weighted by Gasteiger charge is -2.28. The summed E-state index contributed by atoms with van der Waals surface area (Å²) in [6, 6.07) is 6.65. The zero-order valence-electron chi connectivity index (χ0n) is 11.3. The average molecular weight is 335 g/mol. The van der Waals surface area contributed by atoms with E-state index in [-0.39, 0.29) is 5.82 Å². The van der Waals surface area contributed by atoms with Crippen LogP contribution in [0.3, 0.4) is 0 Å². The van der Waals surface area contributed by atoms with Gasteiger partial charge >= 0.3 is 0 Å². The van der Waals surface area contributed by atoms with Crippen LogP contribution in [0, 0.1) is 5.82 Å². The zero-order chi connectivity index (χ0) is 14.1. The molecule has 0 amide bonds. The first-order chi connectivity index (χ1) is 9.14. The van der Waals surface area contributed by atoms with Crippen LogP contribution in [0.25, 0.3) is 0 Å². The number of alkyl halides is 1. The number of methoxy groups -OCH3 is 1. The van der Waals surface area contributed by atoms with E-state index in [1.165, 1.54) is 6.07 Å². The lowest BCUT2D eigenvalue weighted by atomic mass is 9.97. The number of hydrogen-bond acceptors (Lipinski definition) is 3. The van der Waals surface area contributed by atoms with E-state index in [1.807, 2.05) is 6.92 Å². The van der Waals surface area contributed by atoms with Gasteiger partial charge < -0.3 is 14.2 Å². The van der Waals surface area contributed by atoms with E-state index in [0.29, 0.717) is 37.3 Å². The van der Waals surface area contributed by atoms with Crippen LogP contribution in [-0.4, -0.2) is 38.9 Å². The maximum atomic E-state index is 13.8. The minimum absolute atomic E-state index is 0.259. The molecule has 0 heterocycles. The van der Waals surface area contributed by atoms with Gasteiger partial charge in [-0.05, 0) is 13.0 Å². The number of ether oxygens (including phenoxy) is 3. The van der Waals surface area contributed by atoms with Gasteiger partial charge in [0, 0.05) is 18.0 Å². The number of benzene rings is 1. The van der Waals surface area contributed by atoms with Crippen molar-refractivity contribution in [2.45, 2.75) is 12.5 Å². The molecule has 0 bridgehead atoms. The minimum Gasteiger partial charge on any atom is -0.382 e. The summed E-state index contributed by atoms with van der Waals surface area (Å²) in [6.45, 7) is 3.81. The smallest absolute Gasteiger partial charge is 0.129 e. The second-order valence-corrected chi connectivity index (χ2v) is 4.86. The summed E-state index contributed by atoms with van der Waals surface area (Å²) in [7, 11) is 1.62. The molecule has 0 aliphatic carbocycles. The van der Waals surface area contributed by atoms with Crippen molar-refractivity contribution >= 4 is 15.9 Å². The quantitative estimate of drug-likeness (QED) is 0.513. The fourth-order valence-electron chi connectivity index (χ4n) is 1.65. The highest BCUT2D eigenvalue weighted by Gasteiger charge is 2.29. The molecule has 5 heteroatoms. The molecule has 0 aromatic heterocycles. The van der Waals surface area contributed by atoms with Crippen LogP contribution in [0.5, 0.6) is 0 Å². The summed E-state index contributed by atoms with van der Waals surface area (Å²) in [5.41, 5.74) is -0.153. The van der Waals surface area contributed by atoms with E-state index >= 15 is 0 Å². The Balaban J connectivity index is 2.49. The third-order valence-electron chi connectivity index (χ3n) is 2.78. The van der Waals surface area contributed by atoms with Gasteiger partial charge in [-0.15, -0.1) is 0 Å². The van der Waals surface area contributed by atoms with Gasteiger partial charge in [-0.1, -0.05) is 34.1 Å². The second kappa shape index (κ2) is 8.64. The molecule has 1 aromatic rings. The Morgan fingerprint density at radius 2 is 1.84 bits per heavy atom. The molecule has 0 N–H and O–H groups in total.